The Morgan fingerprint density at radius 3 is 2.44 bits per heavy atom. The van der Waals surface area contributed by atoms with E-state index in [0.717, 1.165) is 11.1 Å². The highest BCUT2D eigenvalue weighted by Gasteiger charge is 2.77. The van der Waals surface area contributed by atoms with Crippen LogP contribution in [0.1, 0.15) is 67.7 Å². The van der Waals surface area contributed by atoms with E-state index in [1.54, 1.807) is 26.0 Å². The van der Waals surface area contributed by atoms with Gasteiger partial charge >= 0.3 is 17.9 Å². The fraction of sp³-hybridized carbons (Fsp3) is 0.727. The van der Waals surface area contributed by atoms with Gasteiger partial charge < -0.3 is 33.9 Å². The molecule has 0 spiro atoms. The van der Waals surface area contributed by atoms with Crippen LogP contribution in [0.3, 0.4) is 0 Å². The van der Waals surface area contributed by atoms with E-state index in [2.05, 4.69) is 0 Å². The Hall–Kier alpha value is -2.53. The number of aliphatic hydroxyl groups excluding tert-OH is 2. The van der Waals surface area contributed by atoms with Gasteiger partial charge in [0.1, 0.15) is 18.8 Å². The SMILES string of the molecule is C/C=C(/C)C(=O)O[C@H]1[C@H]2OC[C@@]3(C)[C@@H](OC(C)=O)C[C@@H](O)[C@](C)([C@H]23)[C@@H]2C[C@@H](O)O[C@@H]3C[C@H](C4=CCOC4=O)C(C)=C3[C@]21C. The average Bonchev–Trinajstić information content (AvgIpc) is 3.60. The Morgan fingerprint density at radius 1 is 1.09 bits per heavy atom. The van der Waals surface area contributed by atoms with Crippen molar-refractivity contribution >= 4 is 17.9 Å². The first-order chi connectivity index (χ1) is 20.2. The number of carbonyl (C=O) groups is 3. The molecule has 0 bridgehead atoms. The number of cyclic esters (lactones) is 1. The normalized spacial score (nSPS) is 47.2. The zero-order chi connectivity index (χ0) is 31.2. The van der Waals surface area contributed by atoms with E-state index in [9.17, 15) is 24.6 Å². The van der Waals surface area contributed by atoms with Crippen LogP contribution in [-0.2, 0) is 38.1 Å². The van der Waals surface area contributed by atoms with Crippen molar-refractivity contribution in [2.75, 3.05) is 13.2 Å². The van der Waals surface area contributed by atoms with Crippen molar-refractivity contribution in [1.82, 2.24) is 0 Å². The van der Waals surface area contributed by atoms with Gasteiger partial charge in [0.25, 0.3) is 0 Å². The van der Waals surface area contributed by atoms with E-state index in [0.29, 0.717) is 17.6 Å². The van der Waals surface area contributed by atoms with E-state index in [1.165, 1.54) is 6.92 Å². The predicted octanol–water partition coefficient (Wildman–Crippen LogP) is 3.15. The number of carbonyl (C=O) groups excluding carboxylic acids is 3. The summed E-state index contributed by atoms with van der Waals surface area (Å²) in [7, 11) is 0. The summed E-state index contributed by atoms with van der Waals surface area (Å²) >= 11 is 0. The maximum atomic E-state index is 13.5. The highest BCUT2D eigenvalue weighted by molar-refractivity contribution is 5.92. The van der Waals surface area contributed by atoms with Crippen molar-refractivity contribution in [3.63, 3.8) is 0 Å². The summed E-state index contributed by atoms with van der Waals surface area (Å²) in [6.07, 6.45) is -0.304. The second-order valence-electron chi connectivity index (χ2n) is 14.1. The molecule has 0 radical (unpaired) electrons. The highest BCUT2D eigenvalue weighted by atomic mass is 16.6. The molecule has 0 aromatic rings. The minimum Gasteiger partial charge on any atom is -0.462 e. The third-order valence-electron chi connectivity index (χ3n) is 12.0. The zero-order valence-corrected chi connectivity index (χ0v) is 26.0. The molecular weight excluding hydrogens is 556 g/mol. The number of hydrogen-bond donors (Lipinski definition) is 2. The van der Waals surface area contributed by atoms with Crippen molar-refractivity contribution in [2.24, 2.45) is 34.0 Å². The average molecular weight is 601 g/mol. The molecule has 6 aliphatic rings. The summed E-state index contributed by atoms with van der Waals surface area (Å²) in [6, 6.07) is 0. The summed E-state index contributed by atoms with van der Waals surface area (Å²) in [5.41, 5.74) is 0.365. The maximum absolute atomic E-state index is 13.5. The van der Waals surface area contributed by atoms with Crippen LogP contribution in [-0.4, -0.2) is 78.1 Å². The second kappa shape index (κ2) is 10.3. The number of allylic oxidation sites excluding steroid dienone is 2. The molecule has 43 heavy (non-hydrogen) atoms. The van der Waals surface area contributed by atoms with Gasteiger partial charge in [-0.3, -0.25) is 4.79 Å². The molecule has 4 fully saturated rings. The van der Waals surface area contributed by atoms with Crippen molar-refractivity contribution in [3.8, 4) is 0 Å². The number of hydrogen-bond acceptors (Lipinski definition) is 10. The Labute approximate surface area is 252 Å². The van der Waals surface area contributed by atoms with Crippen LogP contribution in [0.5, 0.6) is 0 Å². The fourth-order valence-electron chi connectivity index (χ4n) is 10.1. The lowest BCUT2D eigenvalue weighted by Gasteiger charge is -2.66. The number of esters is 3. The maximum Gasteiger partial charge on any atom is 0.334 e. The molecule has 0 unspecified atom stereocenters. The molecule has 10 heteroatoms. The Morgan fingerprint density at radius 2 is 1.81 bits per heavy atom. The van der Waals surface area contributed by atoms with E-state index >= 15 is 0 Å². The lowest BCUT2D eigenvalue weighted by atomic mass is 9.39. The lowest BCUT2D eigenvalue weighted by molar-refractivity contribution is -0.258. The van der Waals surface area contributed by atoms with Crippen LogP contribution in [0.25, 0.3) is 0 Å². The van der Waals surface area contributed by atoms with Crippen LogP contribution in [0, 0.1) is 34.0 Å². The molecule has 3 aliphatic carbocycles. The molecule has 0 amide bonds. The van der Waals surface area contributed by atoms with Gasteiger partial charge in [0.05, 0.1) is 24.9 Å². The van der Waals surface area contributed by atoms with Crippen LogP contribution in [0.15, 0.2) is 34.4 Å². The van der Waals surface area contributed by atoms with Gasteiger partial charge in [0.15, 0.2) is 6.29 Å². The number of ether oxygens (including phenoxy) is 5. The Kier molecular flexibility index (Phi) is 7.27. The number of aliphatic hydroxyl groups is 2. The molecule has 0 aromatic heterocycles. The second-order valence-corrected chi connectivity index (χ2v) is 14.1. The Bertz CT molecular complexity index is 1330. The molecule has 6 rings (SSSR count). The number of rotatable bonds is 4. The highest BCUT2D eigenvalue weighted by Crippen LogP contribution is 2.72. The predicted molar refractivity (Wildman–Crippen MR) is 152 cm³/mol. The molecule has 12 atom stereocenters. The van der Waals surface area contributed by atoms with Gasteiger partial charge in [-0.2, -0.15) is 0 Å². The lowest BCUT2D eigenvalue weighted by Crippen LogP contribution is -2.72. The topological polar surface area (TPSA) is 138 Å². The van der Waals surface area contributed by atoms with E-state index in [-0.39, 0.29) is 43.9 Å². The van der Waals surface area contributed by atoms with Gasteiger partial charge in [-0.05, 0) is 44.8 Å². The standard InChI is InChI=1S/C33H44O10/c1-8-15(2)29(37)43-28-26-27-31(5,14-40-26)23(41-17(4)34)13-22(35)32(27,6)21-12-24(36)42-20-11-19(18-9-10-39-30(18)38)16(3)25(20)33(21,28)7/h8-9,19-24,26-28,35-36H,10-14H2,1-7H3/b15-8-/t19-,20+,21-,22+,23-,24-,26-,27+,28-,31-,32+,33-/m0/s1. The first kappa shape index (κ1) is 30.5. The molecule has 236 valence electrons. The smallest absolute Gasteiger partial charge is 0.334 e. The van der Waals surface area contributed by atoms with Crippen molar-refractivity contribution < 1.29 is 48.3 Å². The van der Waals surface area contributed by atoms with Gasteiger partial charge in [0, 0.05) is 59.0 Å². The molecule has 3 heterocycles. The molecule has 3 aliphatic heterocycles. The molecular formula is C33H44O10. The minimum atomic E-state index is -1.16. The van der Waals surface area contributed by atoms with E-state index in [1.807, 2.05) is 27.7 Å². The van der Waals surface area contributed by atoms with E-state index < -0.39 is 70.9 Å². The summed E-state index contributed by atoms with van der Waals surface area (Å²) in [5.74, 6) is -2.34. The van der Waals surface area contributed by atoms with Crippen molar-refractivity contribution in [2.45, 2.75) is 105 Å². The Balaban J connectivity index is 1.57. The fourth-order valence-corrected chi connectivity index (χ4v) is 10.1. The summed E-state index contributed by atoms with van der Waals surface area (Å²) in [4.78, 5) is 38.4. The van der Waals surface area contributed by atoms with Gasteiger partial charge in [-0.15, -0.1) is 0 Å². The van der Waals surface area contributed by atoms with Crippen LogP contribution in [0.4, 0.5) is 0 Å². The molecule has 2 N–H and O–H groups in total. The third kappa shape index (κ3) is 4.16. The van der Waals surface area contributed by atoms with E-state index in [4.69, 9.17) is 23.7 Å². The minimum absolute atomic E-state index is 0.195. The first-order valence-electron chi connectivity index (χ1n) is 15.4. The van der Waals surface area contributed by atoms with Gasteiger partial charge in [-0.25, -0.2) is 9.59 Å². The third-order valence-corrected chi connectivity index (χ3v) is 12.0. The molecule has 2 saturated heterocycles. The zero-order valence-electron chi connectivity index (χ0n) is 26.0. The summed E-state index contributed by atoms with van der Waals surface area (Å²) < 4.78 is 30.5. The first-order valence-corrected chi connectivity index (χ1v) is 15.4. The quantitative estimate of drug-likeness (QED) is 0.214. The van der Waals surface area contributed by atoms with Crippen LogP contribution in [0.2, 0.25) is 0 Å². The molecule has 2 saturated carbocycles. The van der Waals surface area contributed by atoms with Crippen molar-refractivity contribution in [1.29, 1.82) is 0 Å². The van der Waals surface area contributed by atoms with Gasteiger partial charge in [0.2, 0.25) is 0 Å². The number of fused-ring (bicyclic) bond motifs is 4. The molecule has 0 aromatic carbocycles. The van der Waals surface area contributed by atoms with Gasteiger partial charge in [-0.1, -0.05) is 32.4 Å². The summed E-state index contributed by atoms with van der Waals surface area (Å²) in [5, 5.41) is 23.4. The largest absolute Gasteiger partial charge is 0.462 e. The monoisotopic (exact) mass is 600 g/mol. The van der Waals surface area contributed by atoms with Crippen LogP contribution < -0.4 is 0 Å². The van der Waals surface area contributed by atoms with Crippen molar-refractivity contribution in [3.05, 3.63) is 34.4 Å². The van der Waals surface area contributed by atoms with Crippen LogP contribution >= 0.6 is 0 Å². The summed E-state index contributed by atoms with van der Waals surface area (Å²) in [6.45, 7) is 13.4. The molecule has 10 nitrogen and oxygen atoms in total.